The van der Waals surface area contributed by atoms with Crippen LogP contribution in [0.15, 0.2) is 36.4 Å². The Labute approximate surface area is 111 Å². The Morgan fingerprint density at radius 3 is 2.50 bits per heavy atom. The highest BCUT2D eigenvalue weighted by Crippen LogP contribution is 2.24. The van der Waals surface area contributed by atoms with Gasteiger partial charge in [0.2, 0.25) is 5.91 Å². The van der Waals surface area contributed by atoms with Crippen LogP contribution in [0.5, 0.6) is 0 Å². The minimum atomic E-state index is 0.115. The molecule has 2 aromatic rings. The maximum atomic E-state index is 12.2. The van der Waals surface area contributed by atoms with Gasteiger partial charge < -0.3 is 9.47 Å². The highest BCUT2D eigenvalue weighted by Gasteiger charge is 2.24. The van der Waals surface area contributed by atoms with Crippen molar-refractivity contribution in [1.29, 1.82) is 0 Å². The van der Waals surface area contributed by atoms with E-state index in [1.54, 1.807) is 4.90 Å². The van der Waals surface area contributed by atoms with Crippen molar-refractivity contribution in [3.05, 3.63) is 52.8 Å². The first-order valence-corrected chi connectivity index (χ1v) is 6.24. The minimum absolute atomic E-state index is 0.115. The lowest BCUT2D eigenvalue weighted by molar-refractivity contribution is -0.120. The summed E-state index contributed by atoms with van der Waals surface area (Å²) in [6, 6.07) is 11.5. The molecular formula is C14H13ClN2O. The normalized spacial score (nSPS) is 14.8. The van der Waals surface area contributed by atoms with Crippen molar-refractivity contribution in [3.8, 4) is 0 Å². The molecule has 18 heavy (non-hydrogen) atoms. The van der Waals surface area contributed by atoms with Crippen LogP contribution in [0.1, 0.15) is 11.4 Å². The van der Waals surface area contributed by atoms with Crippen molar-refractivity contribution in [2.24, 2.45) is 0 Å². The molecule has 92 valence electrons. The summed E-state index contributed by atoms with van der Waals surface area (Å²) in [5, 5.41) is 0.683. The number of hydrogen-bond donors (Lipinski definition) is 0. The van der Waals surface area contributed by atoms with E-state index < -0.39 is 0 Å². The maximum Gasteiger partial charge on any atom is 0.247 e. The average molecular weight is 261 g/mol. The molecule has 1 aromatic carbocycles. The first-order valence-electron chi connectivity index (χ1n) is 5.86. The van der Waals surface area contributed by atoms with Crippen LogP contribution < -0.4 is 4.90 Å². The van der Waals surface area contributed by atoms with Gasteiger partial charge in [0.1, 0.15) is 6.54 Å². The van der Waals surface area contributed by atoms with Gasteiger partial charge in [-0.1, -0.05) is 11.6 Å². The summed E-state index contributed by atoms with van der Waals surface area (Å²) in [6.07, 6.45) is 0. The lowest BCUT2D eigenvalue weighted by atomic mass is 10.2. The average Bonchev–Trinajstić information content (AvgIpc) is 2.71. The molecule has 0 unspecified atom stereocenters. The predicted molar refractivity (Wildman–Crippen MR) is 71.8 cm³/mol. The second-order valence-electron chi connectivity index (χ2n) is 4.51. The van der Waals surface area contributed by atoms with E-state index in [2.05, 4.69) is 10.6 Å². The molecule has 1 aliphatic rings. The summed E-state index contributed by atoms with van der Waals surface area (Å²) in [4.78, 5) is 14.0. The highest BCUT2D eigenvalue weighted by molar-refractivity contribution is 6.30. The number of amides is 1. The van der Waals surface area contributed by atoms with E-state index in [9.17, 15) is 4.79 Å². The molecule has 2 heterocycles. The zero-order valence-electron chi connectivity index (χ0n) is 10.1. The summed E-state index contributed by atoms with van der Waals surface area (Å²) in [7, 11) is 0. The van der Waals surface area contributed by atoms with Crippen molar-refractivity contribution in [2.75, 3.05) is 4.90 Å². The molecule has 0 N–H and O–H groups in total. The molecule has 0 saturated heterocycles. The highest BCUT2D eigenvalue weighted by atomic mass is 35.5. The lowest BCUT2D eigenvalue weighted by Gasteiger charge is -2.29. The van der Waals surface area contributed by atoms with Crippen molar-refractivity contribution in [1.82, 2.24) is 4.57 Å². The summed E-state index contributed by atoms with van der Waals surface area (Å²) in [6.45, 7) is 3.06. The second-order valence-corrected chi connectivity index (χ2v) is 4.94. The van der Waals surface area contributed by atoms with Gasteiger partial charge in [-0.25, -0.2) is 0 Å². The van der Waals surface area contributed by atoms with Crippen molar-refractivity contribution >= 4 is 23.2 Å². The number of carbonyl (C=O) groups is 1. The third kappa shape index (κ3) is 1.81. The summed E-state index contributed by atoms with van der Waals surface area (Å²) >= 11 is 5.86. The van der Waals surface area contributed by atoms with Crippen LogP contribution in [0.3, 0.4) is 0 Å². The molecular weight excluding hydrogens is 248 g/mol. The van der Waals surface area contributed by atoms with Gasteiger partial charge in [0, 0.05) is 22.1 Å². The number of rotatable bonds is 1. The molecule has 0 bridgehead atoms. The number of fused-ring (bicyclic) bond motifs is 1. The van der Waals surface area contributed by atoms with Gasteiger partial charge in [0.25, 0.3) is 0 Å². The zero-order chi connectivity index (χ0) is 12.7. The van der Waals surface area contributed by atoms with Crippen LogP contribution in [0.2, 0.25) is 5.02 Å². The van der Waals surface area contributed by atoms with E-state index in [-0.39, 0.29) is 5.91 Å². The number of halogens is 1. The van der Waals surface area contributed by atoms with Gasteiger partial charge in [-0.05, 0) is 43.3 Å². The van der Waals surface area contributed by atoms with Crippen LogP contribution >= 0.6 is 11.6 Å². The molecule has 1 amide bonds. The third-order valence-corrected chi connectivity index (χ3v) is 3.59. The first kappa shape index (κ1) is 11.4. The quantitative estimate of drug-likeness (QED) is 0.774. The maximum absolute atomic E-state index is 12.2. The number of aryl methyl sites for hydroxylation is 1. The molecule has 0 saturated carbocycles. The van der Waals surface area contributed by atoms with Crippen molar-refractivity contribution in [2.45, 2.75) is 20.0 Å². The van der Waals surface area contributed by atoms with Crippen LogP contribution in [-0.4, -0.2) is 10.5 Å². The summed E-state index contributed by atoms with van der Waals surface area (Å²) in [5.74, 6) is 0.115. The fourth-order valence-electron chi connectivity index (χ4n) is 2.31. The topological polar surface area (TPSA) is 25.2 Å². The van der Waals surface area contributed by atoms with E-state index in [1.807, 2.05) is 37.3 Å². The van der Waals surface area contributed by atoms with E-state index in [1.165, 1.54) is 5.69 Å². The Bertz CT molecular complexity index is 601. The molecule has 3 rings (SSSR count). The molecule has 1 aromatic heterocycles. The Morgan fingerprint density at radius 2 is 1.78 bits per heavy atom. The standard InChI is InChI=1S/C14H13ClN2O/c1-10-2-5-13-8-17(14(18)9-16(10)13)12-6-3-11(15)4-7-12/h2-7H,8-9H2,1H3. The Morgan fingerprint density at radius 1 is 1.06 bits per heavy atom. The predicted octanol–water partition coefficient (Wildman–Crippen LogP) is 3.00. The van der Waals surface area contributed by atoms with Crippen LogP contribution in [0, 0.1) is 6.92 Å². The number of hydrogen-bond acceptors (Lipinski definition) is 1. The largest absolute Gasteiger partial charge is 0.338 e. The van der Waals surface area contributed by atoms with E-state index in [0.29, 0.717) is 18.1 Å². The number of carbonyl (C=O) groups excluding carboxylic acids is 1. The Balaban J connectivity index is 1.96. The van der Waals surface area contributed by atoms with Gasteiger partial charge in [0.15, 0.2) is 0 Å². The van der Waals surface area contributed by atoms with Gasteiger partial charge in [-0.15, -0.1) is 0 Å². The molecule has 0 fully saturated rings. The molecule has 0 atom stereocenters. The monoisotopic (exact) mass is 260 g/mol. The fourth-order valence-corrected chi connectivity index (χ4v) is 2.44. The van der Waals surface area contributed by atoms with Crippen LogP contribution in [-0.2, 0) is 17.9 Å². The number of benzene rings is 1. The van der Waals surface area contributed by atoms with Gasteiger partial charge in [-0.3, -0.25) is 4.79 Å². The molecule has 0 radical (unpaired) electrons. The molecule has 3 nitrogen and oxygen atoms in total. The Hall–Kier alpha value is -1.74. The minimum Gasteiger partial charge on any atom is -0.338 e. The van der Waals surface area contributed by atoms with Crippen LogP contribution in [0.4, 0.5) is 5.69 Å². The molecule has 0 spiro atoms. The summed E-state index contributed by atoms with van der Waals surface area (Å²) in [5.41, 5.74) is 3.20. The van der Waals surface area contributed by atoms with E-state index in [0.717, 1.165) is 11.4 Å². The van der Waals surface area contributed by atoms with E-state index in [4.69, 9.17) is 11.6 Å². The second kappa shape index (κ2) is 4.18. The van der Waals surface area contributed by atoms with Gasteiger partial charge in [-0.2, -0.15) is 0 Å². The zero-order valence-corrected chi connectivity index (χ0v) is 10.8. The van der Waals surface area contributed by atoms with Gasteiger partial charge in [0.05, 0.1) is 6.54 Å². The number of nitrogens with zero attached hydrogens (tertiary/aromatic N) is 2. The third-order valence-electron chi connectivity index (χ3n) is 3.34. The van der Waals surface area contributed by atoms with E-state index >= 15 is 0 Å². The number of aromatic nitrogens is 1. The smallest absolute Gasteiger partial charge is 0.247 e. The summed E-state index contributed by atoms with van der Waals surface area (Å²) < 4.78 is 2.06. The molecule has 0 aliphatic carbocycles. The molecule has 1 aliphatic heterocycles. The van der Waals surface area contributed by atoms with Crippen LogP contribution in [0.25, 0.3) is 0 Å². The Kier molecular flexibility index (Phi) is 2.63. The molecule has 4 heteroatoms. The van der Waals surface area contributed by atoms with Gasteiger partial charge >= 0.3 is 0 Å². The number of anilines is 1. The first-order chi connectivity index (χ1) is 8.65. The fraction of sp³-hybridized carbons (Fsp3) is 0.214. The van der Waals surface area contributed by atoms with Crippen molar-refractivity contribution in [3.63, 3.8) is 0 Å². The SMILES string of the molecule is Cc1ccc2n1CC(=O)N(c1ccc(Cl)cc1)C2. The van der Waals surface area contributed by atoms with Crippen molar-refractivity contribution < 1.29 is 4.79 Å². The lowest BCUT2D eigenvalue weighted by Crippen LogP contribution is -2.39.